The van der Waals surface area contributed by atoms with Gasteiger partial charge in [-0.05, 0) is 110 Å². The maximum Gasteiger partial charge on any atom is 0.251 e. The number of hydrogen-bond donors (Lipinski definition) is 3. The van der Waals surface area contributed by atoms with Crippen LogP contribution in [0.15, 0.2) is 47.5 Å². The lowest BCUT2D eigenvalue weighted by atomic mass is 9.45. The Balaban J connectivity index is 1.12. The zero-order chi connectivity index (χ0) is 28.7. The van der Waals surface area contributed by atoms with Gasteiger partial charge in [-0.3, -0.25) is 4.79 Å². The predicted octanol–water partition coefficient (Wildman–Crippen LogP) is 5.11. The number of nitrogens with one attached hydrogen (secondary N) is 3. The first-order valence-corrected chi connectivity index (χ1v) is 15.6. The van der Waals surface area contributed by atoms with Crippen molar-refractivity contribution in [3.63, 3.8) is 0 Å². The summed E-state index contributed by atoms with van der Waals surface area (Å²) in [7, 11) is 1.70. The molecule has 220 valence electrons. The summed E-state index contributed by atoms with van der Waals surface area (Å²) in [6, 6.07) is 15.1. The number of guanidine groups is 1. The molecule has 1 heterocycles. The van der Waals surface area contributed by atoms with Crippen LogP contribution in [0, 0.1) is 23.2 Å². The van der Waals surface area contributed by atoms with E-state index in [1.165, 1.54) is 24.0 Å². The fourth-order valence-electron chi connectivity index (χ4n) is 7.85. The quantitative estimate of drug-likeness (QED) is 0.352. The van der Waals surface area contributed by atoms with Gasteiger partial charge in [-0.2, -0.15) is 0 Å². The highest BCUT2D eigenvalue weighted by molar-refractivity contribution is 5.97. The minimum absolute atomic E-state index is 0.0128. The van der Waals surface area contributed by atoms with Gasteiger partial charge in [0.2, 0.25) is 0 Å². The second-order valence-electron chi connectivity index (χ2n) is 13.5. The molecule has 3 saturated carbocycles. The number of fused-ring (bicyclic) bond motifs is 3. The summed E-state index contributed by atoms with van der Waals surface area (Å²) < 4.78 is 5.37. The lowest BCUT2D eigenvalue weighted by Gasteiger charge is -2.61. The normalized spacial score (nSPS) is 30.6. The number of carbonyl (C=O) groups is 1. The molecule has 41 heavy (non-hydrogen) atoms. The highest BCUT2D eigenvalue weighted by atomic mass is 16.5. The summed E-state index contributed by atoms with van der Waals surface area (Å²) in [6.07, 6.45) is 5.28. The van der Waals surface area contributed by atoms with E-state index in [-0.39, 0.29) is 11.9 Å². The van der Waals surface area contributed by atoms with Crippen molar-refractivity contribution >= 4 is 17.6 Å². The number of aliphatic imine (C=N–C) groups is 1. The van der Waals surface area contributed by atoms with Gasteiger partial charge in [0.15, 0.2) is 5.96 Å². The minimum atomic E-state index is -0.0128. The topological polar surface area (TPSA) is 78.0 Å². The number of anilines is 1. The second-order valence-corrected chi connectivity index (χ2v) is 13.5. The number of ether oxygens (including phenoxy) is 1. The van der Waals surface area contributed by atoms with Gasteiger partial charge in [0, 0.05) is 43.0 Å². The molecule has 1 saturated heterocycles. The van der Waals surface area contributed by atoms with E-state index in [2.05, 4.69) is 60.7 Å². The molecule has 0 aromatic heterocycles. The van der Waals surface area contributed by atoms with Crippen LogP contribution in [0.3, 0.4) is 0 Å². The third-order valence-electron chi connectivity index (χ3n) is 10.7. The molecule has 2 bridgehead atoms. The number of hydrogen-bond acceptors (Lipinski definition) is 4. The first-order valence-electron chi connectivity index (χ1n) is 15.6. The lowest BCUT2D eigenvalue weighted by molar-refractivity contribution is -0.108. The summed E-state index contributed by atoms with van der Waals surface area (Å²) in [4.78, 5) is 20.9. The smallest absolute Gasteiger partial charge is 0.251 e. The molecule has 7 heteroatoms. The van der Waals surface area contributed by atoms with Crippen molar-refractivity contribution in [1.82, 2.24) is 15.5 Å². The van der Waals surface area contributed by atoms with Gasteiger partial charge in [-0.25, -0.2) is 4.99 Å². The number of rotatable bonds is 5. The average Bonchev–Trinajstić information content (AvgIpc) is 2.97. The molecule has 2 aromatic rings. The highest BCUT2D eigenvalue weighted by Crippen LogP contribution is 2.61. The van der Waals surface area contributed by atoms with Crippen LogP contribution in [-0.4, -0.2) is 61.6 Å². The van der Waals surface area contributed by atoms with Gasteiger partial charge >= 0.3 is 0 Å². The largest absolute Gasteiger partial charge is 0.497 e. The highest BCUT2D eigenvalue weighted by Gasteiger charge is 2.56. The number of carbonyl (C=O) groups excluding carboxylic acids is 1. The van der Waals surface area contributed by atoms with Crippen LogP contribution in [0.4, 0.5) is 5.69 Å². The summed E-state index contributed by atoms with van der Waals surface area (Å²) >= 11 is 0. The van der Waals surface area contributed by atoms with Crippen LogP contribution >= 0.6 is 0 Å². The minimum Gasteiger partial charge on any atom is -0.497 e. The van der Waals surface area contributed by atoms with Crippen molar-refractivity contribution in [2.45, 2.75) is 77.9 Å². The van der Waals surface area contributed by atoms with E-state index in [0.29, 0.717) is 29.0 Å². The molecule has 1 aliphatic heterocycles. The molecule has 0 spiro atoms. The zero-order valence-corrected chi connectivity index (χ0v) is 25.4. The molecule has 0 radical (unpaired) electrons. The Morgan fingerprint density at radius 2 is 1.90 bits per heavy atom. The van der Waals surface area contributed by atoms with Crippen LogP contribution in [0.1, 0.15) is 68.4 Å². The number of piperazine rings is 1. The second kappa shape index (κ2) is 11.3. The maximum atomic E-state index is 13.1. The number of nitrogens with zero attached hydrogens (tertiary/aromatic N) is 2. The molecule has 4 aliphatic carbocycles. The molecule has 7 rings (SSSR count). The summed E-state index contributed by atoms with van der Waals surface area (Å²) in [5, 5.41) is 10.5. The van der Waals surface area contributed by atoms with Crippen LogP contribution in [0.25, 0.3) is 0 Å². The van der Waals surface area contributed by atoms with Gasteiger partial charge in [-0.15, -0.1) is 0 Å². The van der Waals surface area contributed by atoms with E-state index in [4.69, 9.17) is 9.73 Å². The van der Waals surface area contributed by atoms with Crippen LogP contribution in [-0.2, 0) is 12.8 Å². The summed E-state index contributed by atoms with van der Waals surface area (Å²) in [6.45, 7) is 12.4. The predicted molar refractivity (Wildman–Crippen MR) is 166 cm³/mol. The molecule has 5 aliphatic rings. The fraction of sp³-hybridized carbons (Fsp3) is 0.588. The van der Waals surface area contributed by atoms with E-state index in [1.807, 2.05) is 30.3 Å². The Hall–Kier alpha value is -3.06. The first kappa shape index (κ1) is 28.1. The van der Waals surface area contributed by atoms with E-state index < -0.39 is 0 Å². The number of benzene rings is 2. The SMILES string of the molecule is COc1ccc2c(c1)CCC(NC(=O)c1ccc(N/C(=N/[C@H]3C[C@H]4C[C@@H]([C@@H]3C)C4(C)C)N3CCN[C@@H](C)C3)cc1)C2. The standard InChI is InChI=1S/C34H47N5O2/c1-21-20-39(15-14-35-21)33(38-31-19-26-18-30(22(31)2)34(26,3)4)37-27-10-6-23(7-11-27)32(40)36-28-12-8-25-17-29(41-5)13-9-24(25)16-28/h6-7,9-11,13,17,21-22,26,28,30-31,35H,8,12,14-16,18-20H2,1-5H3,(H,36,40)(H,37,38)/t21-,22-,26+,28?,30-,31-/m0/s1. The number of aryl methyl sites for hydroxylation is 1. The van der Waals surface area contributed by atoms with Gasteiger partial charge in [0.25, 0.3) is 5.91 Å². The molecule has 1 unspecified atom stereocenters. The zero-order valence-electron chi connectivity index (χ0n) is 25.4. The average molecular weight is 558 g/mol. The Bertz CT molecular complexity index is 1290. The van der Waals surface area contributed by atoms with Crippen molar-refractivity contribution in [1.29, 1.82) is 0 Å². The van der Waals surface area contributed by atoms with Crippen molar-refractivity contribution in [2.24, 2.45) is 28.2 Å². The Labute approximate surface area is 245 Å². The molecular formula is C34H47N5O2. The third kappa shape index (κ3) is 5.70. The Morgan fingerprint density at radius 1 is 1.10 bits per heavy atom. The van der Waals surface area contributed by atoms with Crippen molar-refractivity contribution in [2.75, 3.05) is 32.1 Å². The van der Waals surface area contributed by atoms with E-state index >= 15 is 0 Å². The third-order valence-corrected chi connectivity index (χ3v) is 10.7. The van der Waals surface area contributed by atoms with Gasteiger partial charge < -0.3 is 25.6 Å². The summed E-state index contributed by atoms with van der Waals surface area (Å²) in [5.74, 6) is 3.99. The molecule has 4 fully saturated rings. The van der Waals surface area contributed by atoms with E-state index in [1.54, 1.807) is 7.11 Å². The fourth-order valence-corrected chi connectivity index (χ4v) is 7.85. The molecule has 3 N–H and O–H groups in total. The number of amides is 1. The molecule has 7 nitrogen and oxygen atoms in total. The summed E-state index contributed by atoms with van der Waals surface area (Å²) in [5.41, 5.74) is 4.73. The monoisotopic (exact) mass is 557 g/mol. The molecule has 1 amide bonds. The molecular weight excluding hydrogens is 510 g/mol. The Morgan fingerprint density at radius 3 is 2.61 bits per heavy atom. The molecule has 6 atom stereocenters. The number of methoxy groups -OCH3 is 1. The van der Waals surface area contributed by atoms with Gasteiger partial charge in [0.1, 0.15) is 5.75 Å². The molecule has 2 aromatic carbocycles. The Kier molecular flexibility index (Phi) is 7.75. The van der Waals surface area contributed by atoms with Crippen molar-refractivity contribution in [3.8, 4) is 5.75 Å². The van der Waals surface area contributed by atoms with Gasteiger partial charge in [-0.1, -0.05) is 26.8 Å². The van der Waals surface area contributed by atoms with Gasteiger partial charge in [0.05, 0.1) is 13.2 Å². The van der Waals surface area contributed by atoms with E-state index in [0.717, 1.165) is 68.1 Å². The van der Waals surface area contributed by atoms with Crippen molar-refractivity contribution in [3.05, 3.63) is 59.2 Å². The van der Waals surface area contributed by atoms with Crippen LogP contribution < -0.4 is 20.7 Å². The van der Waals surface area contributed by atoms with Crippen LogP contribution in [0.5, 0.6) is 5.75 Å². The lowest BCUT2D eigenvalue weighted by Crippen LogP contribution is -2.57. The maximum absolute atomic E-state index is 13.1. The van der Waals surface area contributed by atoms with Crippen LogP contribution in [0.2, 0.25) is 0 Å². The van der Waals surface area contributed by atoms with E-state index in [9.17, 15) is 4.79 Å². The van der Waals surface area contributed by atoms with Crippen molar-refractivity contribution < 1.29 is 9.53 Å². The first-order chi connectivity index (χ1) is 19.7.